The van der Waals surface area contributed by atoms with E-state index in [9.17, 15) is 0 Å². The van der Waals surface area contributed by atoms with Gasteiger partial charge in [0, 0.05) is 19.0 Å². The molecule has 0 aliphatic heterocycles. The zero-order valence-corrected chi connectivity index (χ0v) is 13.3. The number of nitrogens with one attached hydrogen (secondary N) is 1. The smallest absolute Gasteiger partial charge is 0.138 e. The lowest BCUT2D eigenvalue weighted by Gasteiger charge is -2.16. The van der Waals surface area contributed by atoms with E-state index in [4.69, 9.17) is 0 Å². The van der Waals surface area contributed by atoms with Gasteiger partial charge in [-0.05, 0) is 38.8 Å². The Bertz CT molecular complexity index is 530. The van der Waals surface area contributed by atoms with Crippen molar-refractivity contribution in [1.29, 1.82) is 0 Å². The van der Waals surface area contributed by atoms with Crippen LogP contribution in [0.4, 0.5) is 0 Å². The summed E-state index contributed by atoms with van der Waals surface area (Å²) in [5.74, 6) is 1.08. The lowest BCUT2D eigenvalue weighted by Crippen LogP contribution is -2.29. The van der Waals surface area contributed by atoms with Crippen LogP contribution in [0.3, 0.4) is 0 Å². The van der Waals surface area contributed by atoms with Gasteiger partial charge < -0.3 is 5.32 Å². The van der Waals surface area contributed by atoms with E-state index in [0.717, 1.165) is 38.1 Å². The molecule has 1 aromatic heterocycles. The highest BCUT2D eigenvalue weighted by atomic mass is 15.3. The van der Waals surface area contributed by atoms with Crippen molar-refractivity contribution in [2.75, 3.05) is 7.05 Å². The Morgan fingerprint density at radius 3 is 2.67 bits per heavy atom. The van der Waals surface area contributed by atoms with E-state index in [-0.39, 0.29) is 0 Å². The number of likely N-dealkylation sites (N-methyl/N-ethyl adjacent to an activating group) is 1. The second-order valence-electron chi connectivity index (χ2n) is 5.61. The van der Waals surface area contributed by atoms with Gasteiger partial charge in [-0.15, -0.1) is 0 Å². The fraction of sp³-hybridized carbons (Fsp3) is 0.529. The van der Waals surface area contributed by atoms with Crippen LogP contribution in [0.2, 0.25) is 0 Å². The van der Waals surface area contributed by atoms with Gasteiger partial charge >= 0.3 is 0 Å². The van der Waals surface area contributed by atoms with E-state index >= 15 is 0 Å². The quantitative estimate of drug-likeness (QED) is 0.811. The van der Waals surface area contributed by atoms with Gasteiger partial charge in [0.25, 0.3) is 0 Å². The van der Waals surface area contributed by atoms with Crippen LogP contribution in [0.1, 0.15) is 36.7 Å². The van der Waals surface area contributed by atoms with E-state index in [2.05, 4.69) is 53.5 Å². The first-order valence-electron chi connectivity index (χ1n) is 7.82. The third-order valence-corrected chi connectivity index (χ3v) is 3.87. The van der Waals surface area contributed by atoms with Gasteiger partial charge in [-0.2, -0.15) is 5.10 Å². The number of aromatic nitrogens is 3. The van der Waals surface area contributed by atoms with Gasteiger partial charge in [-0.1, -0.05) is 36.8 Å². The third-order valence-electron chi connectivity index (χ3n) is 3.87. The minimum absolute atomic E-state index is 0.436. The van der Waals surface area contributed by atoms with Crippen LogP contribution in [-0.4, -0.2) is 27.9 Å². The SMILES string of the molecule is CCCn1ncnc1CC(CCc1ccc(C)cc1)NC. The minimum atomic E-state index is 0.436. The van der Waals surface area contributed by atoms with E-state index < -0.39 is 0 Å². The molecule has 1 heterocycles. The van der Waals surface area contributed by atoms with Crippen molar-refractivity contribution < 1.29 is 0 Å². The molecule has 1 unspecified atom stereocenters. The summed E-state index contributed by atoms with van der Waals surface area (Å²) < 4.78 is 2.02. The molecular formula is C17H26N4. The minimum Gasteiger partial charge on any atom is -0.317 e. The first kappa shape index (κ1) is 15.7. The lowest BCUT2D eigenvalue weighted by atomic mass is 10.0. The fourth-order valence-corrected chi connectivity index (χ4v) is 2.51. The van der Waals surface area contributed by atoms with Crippen molar-refractivity contribution in [1.82, 2.24) is 20.1 Å². The Labute approximate surface area is 127 Å². The summed E-state index contributed by atoms with van der Waals surface area (Å²) in [6, 6.07) is 9.25. The Morgan fingerprint density at radius 2 is 2.00 bits per heavy atom. The topological polar surface area (TPSA) is 42.7 Å². The summed E-state index contributed by atoms with van der Waals surface area (Å²) >= 11 is 0. The molecule has 0 fully saturated rings. The van der Waals surface area contributed by atoms with E-state index in [1.165, 1.54) is 11.1 Å². The van der Waals surface area contributed by atoms with Crippen LogP contribution >= 0.6 is 0 Å². The van der Waals surface area contributed by atoms with E-state index in [1.54, 1.807) is 6.33 Å². The third kappa shape index (κ3) is 4.67. The van der Waals surface area contributed by atoms with Crippen LogP contribution in [0.5, 0.6) is 0 Å². The molecule has 1 N–H and O–H groups in total. The molecule has 0 bridgehead atoms. The first-order valence-corrected chi connectivity index (χ1v) is 7.82. The van der Waals surface area contributed by atoms with Crippen molar-refractivity contribution in [2.24, 2.45) is 0 Å². The Morgan fingerprint density at radius 1 is 1.24 bits per heavy atom. The summed E-state index contributed by atoms with van der Waals surface area (Å²) in [6.07, 6.45) is 5.89. The number of rotatable bonds is 8. The maximum atomic E-state index is 4.40. The molecule has 1 atom stereocenters. The van der Waals surface area contributed by atoms with Gasteiger partial charge in [-0.25, -0.2) is 4.98 Å². The molecule has 21 heavy (non-hydrogen) atoms. The van der Waals surface area contributed by atoms with Gasteiger partial charge in [-0.3, -0.25) is 4.68 Å². The molecule has 0 saturated carbocycles. The predicted molar refractivity (Wildman–Crippen MR) is 86.4 cm³/mol. The Kier molecular flexibility index (Phi) is 5.93. The maximum Gasteiger partial charge on any atom is 0.138 e. The second kappa shape index (κ2) is 7.93. The molecule has 0 spiro atoms. The molecule has 4 nitrogen and oxygen atoms in total. The Hall–Kier alpha value is -1.68. The monoisotopic (exact) mass is 286 g/mol. The number of hydrogen-bond donors (Lipinski definition) is 1. The number of aryl methyl sites for hydroxylation is 3. The number of benzene rings is 1. The summed E-state index contributed by atoms with van der Waals surface area (Å²) in [6.45, 7) is 5.24. The zero-order chi connectivity index (χ0) is 15.1. The summed E-state index contributed by atoms with van der Waals surface area (Å²) in [5.41, 5.74) is 2.72. The van der Waals surface area contributed by atoms with Crippen LogP contribution in [0.15, 0.2) is 30.6 Å². The number of hydrogen-bond acceptors (Lipinski definition) is 3. The molecular weight excluding hydrogens is 260 g/mol. The molecule has 0 aliphatic carbocycles. The molecule has 0 amide bonds. The highest BCUT2D eigenvalue weighted by Gasteiger charge is 2.12. The highest BCUT2D eigenvalue weighted by Crippen LogP contribution is 2.10. The standard InChI is InChI=1S/C17H26N4/c1-4-11-21-17(19-13-20-21)12-16(18-3)10-9-15-7-5-14(2)6-8-15/h5-8,13,16,18H,4,9-12H2,1-3H3. The molecule has 0 radical (unpaired) electrons. The van der Waals surface area contributed by atoms with Crippen molar-refractivity contribution in [3.8, 4) is 0 Å². The van der Waals surface area contributed by atoms with Gasteiger partial charge in [0.2, 0.25) is 0 Å². The molecule has 2 rings (SSSR count). The molecule has 0 aliphatic rings. The van der Waals surface area contributed by atoms with E-state index in [0.29, 0.717) is 6.04 Å². The second-order valence-corrected chi connectivity index (χ2v) is 5.61. The summed E-state index contributed by atoms with van der Waals surface area (Å²) in [4.78, 5) is 4.40. The van der Waals surface area contributed by atoms with Gasteiger partial charge in [0.1, 0.15) is 12.2 Å². The van der Waals surface area contributed by atoms with Gasteiger partial charge in [0.05, 0.1) is 0 Å². The van der Waals surface area contributed by atoms with Crippen molar-refractivity contribution >= 4 is 0 Å². The van der Waals surface area contributed by atoms with Crippen molar-refractivity contribution in [3.05, 3.63) is 47.5 Å². The highest BCUT2D eigenvalue weighted by molar-refractivity contribution is 5.21. The molecule has 1 aromatic carbocycles. The zero-order valence-electron chi connectivity index (χ0n) is 13.3. The van der Waals surface area contributed by atoms with Crippen LogP contribution in [-0.2, 0) is 19.4 Å². The summed E-state index contributed by atoms with van der Waals surface area (Å²) in [7, 11) is 2.03. The normalized spacial score (nSPS) is 12.5. The van der Waals surface area contributed by atoms with E-state index in [1.807, 2.05) is 11.7 Å². The lowest BCUT2D eigenvalue weighted by molar-refractivity contribution is 0.480. The number of nitrogens with zero attached hydrogens (tertiary/aromatic N) is 3. The van der Waals surface area contributed by atoms with Crippen LogP contribution < -0.4 is 5.32 Å². The maximum absolute atomic E-state index is 4.40. The fourth-order valence-electron chi connectivity index (χ4n) is 2.51. The molecule has 2 aromatic rings. The van der Waals surface area contributed by atoms with Gasteiger partial charge in [0.15, 0.2) is 0 Å². The molecule has 4 heteroatoms. The average Bonchev–Trinajstić information content (AvgIpc) is 2.92. The van der Waals surface area contributed by atoms with Crippen molar-refractivity contribution in [2.45, 2.75) is 52.1 Å². The average molecular weight is 286 g/mol. The largest absolute Gasteiger partial charge is 0.317 e. The summed E-state index contributed by atoms with van der Waals surface area (Å²) in [5, 5.41) is 7.71. The first-order chi connectivity index (χ1) is 10.2. The molecule has 114 valence electrons. The van der Waals surface area contributed by atoms with Crippen molar-refractivity contribution in [3.63, 3.8) is 0 Å². The van der Waals surface area contributed by atoms with Crippen LogP contribution in [0.25, 0.3) is 0 Å². The Balaban J connectivity index is 1.90. The van der Waals surface area contributed by atoms with Crippen LogP contribution in [0, 0.1) is 6.92 Å². The predicted octanol–water partition coefficient (Wildman–Crippen LogP) is 2.76. The molecule has 0 saturated heterocycles.